The van der Waals surface area contributed by atoms with Gasteiger partial charge in [-0.3, -0.25) is 0 Å². The van der Waals surface area contributed by atoms with E-state index in [0.717, 1.165) is 31.4 Å². The van der Waals surface area contributed by atoms with Crippen LogP contribution in [0.5, 0.6) is 5.75 Å². The fourth-order valence-electron chi connectivity index (χ4n) is 3.82. The van der Waals surface area contributed by atoms with E-state index in [9.17, 15) is 9.90 Å². The van der Waals surface area contributed by atoms with Crippen LogP contribution in [0.1, 0.15) is 44.1 Å². The van der Waals surface area contributed by atoms with Crippen molar-refractivity contribution in [3.05, 3.63) is 29.8 Å². The Hall–Kier alpha value is -1.75. The Bertz CT molecular complexity index is 578. The van der Waals surface area contributed by atoms with Gasteiger partial charge in [0.1, 0.15) is 5.75 Å². The van der Waals surface area contributed by atoms with Gasteiger partial charge >= 0.3 is 6.03 Å². The molecular formula is C19H28N2O3. The summed E-state index contributed by atoms with van der Waals surface area (Å²) in [6.45, 7) is 1.32. The second-order valence-electron chi connectivity index (χ2n) is 7.38. The molecule has 5 heteroatoms. The maximum atomic E-state index is 12.2. The Morgan fingerprint density at radius 1 is 1.12 bits per heavy atom. The summed E-state index contributed by atoms with van der Waals surface area (Å²) >= 11 is 0. The zero-order chi connectivity index (χ0) is 17.0. The molecule has 0 unspecified atom stereocenters. The minimum Gasteiger partial charge on any atom is -0.496 e. The minimum atomic E-state index is -0.143. The van der Waals surface area contributed by atoms with Crippen LogP contribution in [-0.4, -0.2) is 37.9 Å². The summed E-state index contributed by atoms with van der Waals surface area (Å²) in [5.41, 5.74) is 1.09. The molecule has 0 aromatic heterocycles. The number of ether oxygens (including phenoxy) is 1. The summed E-state index contributed by atoms with van der Waals surface area (Å²) in [5, 5.41) is 15.3. The largest absolute Gasteiger partial charge is 0.496 e. The van der Waals surface area contributed by atoms with Crippen molar-refractivity contribution < 1.29 is 14.6 Å². The lowest BCUT2D eigenvalue weighted by molar-refractivity contribution is 0.202. The molecule has 3 rings (SSSR count). The molecule has 0 aliphatic heterocycles. The standard InChI is InChI=1S/C19H28N2O3/c1-24-16-7-3-2-6-15(16)19(8-4-5-9-19)13-21-17(23)20-12-18(14-22)10-11-18/h2-3,6-7,22H,4-5,8-14H2,1H3,(H2,20,21,23). The van der Waals surface area contributed by atoms with E-state index in [1.807, 2.05) is 18.2 Å². The average molecular weight is 332 g/mol. The van der Waals surface area contributed by atoms with Crippen molar-refractivity contribution in [1.82, 2.24) is 10.6 Å². The van der Waals surface area contributed by atoms with Gasteiger partial charge in [-0.2, -0.15) is 0 Å². The van der Waals surface area contributed by atoms with Gasteiger partial charge < -0.3 is 20.5 Å². The third-order valence-corrected chi connectivity index (χ3v) is 5.74. The van der Waals surface area contributed by atoms with Crippen molar-refractivity contribution in [2.75, 3.05) is 26.8 Å². The van der Waals surface area contributed by atoms with Gasteiger partial charge in [-0.05, 0) is 31.7 Å². The molecule has 2 saturated carbocycles. The van der Waals surface area contributed by atoms with E-state index in [1.54, 1.807) is 7.11 Å². The molecule has 1 aromatic rings. The van der Waals surface area contributed by atoms with E-state index in [-0.39, 0.29) is 23.5 Å². The van der Waals surface area contributed by atoms with Crippen LogP contribution in [0.3, 0.4) is 0 Å². The second-order valence-corrected chi connectivity index (χ2v) is 7.38. The molecule has 2 amide bonds. The van der Waals surface area contributed by atoms with Gasteiger partial charge in [0.05, 0.1) is 13.7 Å². The number of urea groups is 1. The topological polar surface area (TPSA) is 70.6 Å². The van der Waals surface area contributed by atoms with Crippen molar-refractivity contribution in [3.8, 4) is 5.75 Å². The summed E-state index contributed by atoms with van der Waals surface area (Å²) in [4.78, 5) is 12.2. The van der Waals surface area contributed by atoms with Gasteiger partial charge in [0.2, 0.25) is 0 Å². The van der Waals surface area contributed by atoms with Crippen LogP contribution in [0.2, 0.25) is 0 Å². The second kappa shape index (κ2) is 7.01. The molecule has 3 N–H and O–H groups in total. The van der Waals surface area contributed by atoms with Gasteiger partial charge in [0.15, 0.2) is 0 Å². The summed E-state index contributed by atoms with van der Waals surface area (Å²) in [5.74, 6) is 0.902. The average Bonchev–Trinajstić information content (AvgIpc) is 3.26. The van der Waals surface area contributed by atoms with E-state index in [4.69, 9.17) is 4.74 Å². The number of aliphatic hydroxyl groups excluding tert-OH is 1. The number of methoxy groups -OCH3 is 1. The summed E-state index contributed by atoms with van der Waals surface area (Å²) in [6.07, 6.45) is 6.47. The van der Waals surface area contributed by atoms with Crippen LogP contribution in [0, 0.1) is 5.41 Å². The number of amides is 2. The third kappa shape index (κ3) is 3.51. The first kappa shape index (κ1) is 17.1. The maximum absolute atomic E-state index is 12.2. The normalized spacial score (nSPS) is 20.4. The van der Waals surface area contributed by atoms with Crippen molar-refractivity contribution in [3.63, 3.8) is 0 Å². The number of carbonyl (C=O) groups is 1. The molecule has 132 valence electrons. The number of para-hydroxylation sites is 1. The van der Waals surface area contributed by atoms with Crippen LogP contribution < -0.4 is 15.4 Å². The molecule has 2 aliphatic rings. The monoisotopic (exact) mass is 332 g/mol. The number of nitrogens with one attached hydrogen (secondary N) is 2. The van der Waals surface area contributed by atoms with Crippen molar-refractivity contribution in [2.24, 2.45) is 5.41 Å². The number of aliphatic hydroxyl groups is 1. The number of hydrogen-bond acceptors (Lipinski definition) is 3. The molecular weight excluding hydrogens is 304 g/mol. The van der Waals surface area contributed by atoms with Crippen LogP contribution >= 0.6 is 0 Å². The number of rotatable bonds is 7. The maximum Gasteiger partial charge on any atom is 0.314 e. The minimum absolute atomic E-state index is 0.0435. The van der Waals surface area contributed by atoms with Crippen molar-refractivity contribution in [1.29, 1.82) is 0 Å². The number of carbonyl (C=O) groups excluding carboxylic acids is 1. The Kier molecular flexibility index (Phi) is 4.99. The molecule has 0 bridgehead atoms. The van der Waals surface area contributed by atoms with Gasteiger partial charge in [0, 0.05) is 29.5 Å². The first-order valence-electron chi connectivity index (χ1n) is 8.89. The fraction of sp³-hybridized carbons (Fsp3) is 0.632. The molecule has 0 spiro atoms. The highest BCUT2D eigenvalue weighted by Crippen LogP contribution is 2.45. The molecule has 1 aromatic carbocycles. The lowest BCUT2D eigenvalue weighted by Crippen LogP contribution is -2.45. The van der Waals surface area contributed by atoms with E-state index < -0.39 is 0 Å². The fourth-order valence-corrected chi connectivity index (χ4v) is 3.82. The Morgan fingerprint density at radius 2 is 1.79 bits per heavy atom. The Morgan fingerprint density at radius 3 is 2.42 bits per heavy atom. The van der Waals surface area contributed by atoms with Crippen LogP contribution in [0.25, 0.3) is 0 Å². The first-order chi connectivity index (χ1) is 11.6. The van der Waals surface area contributed by atoms with E-state index in [0.29, 0.717) is 13.1 Å². The lowest BCUT2D eigenvalue weighted by Gasteiger charge is -2.31. The lowest BCUT2D eigenvalue weighted by atomic mass is 9.78. The van der Waals surface area contributed by atoms with Gasteiger partial charge in [-0.25, -0.2) is 4.79 Å². The highest BCUT2D eigenvalue weighted by molar-refractivity contribution is 5.74. The smallest absolute Gasteiger partial charge is 0.314 e. The summed E-state index contributed by atoms with van der Waals surface area (Å²) in [7, 11) is 1.70. The quantitative estimate of drug-likeness (QED) is 0.719. The van der Waals surface area contributed by atoms with Crippen LogP contribution in [0.15, 0.2) is 24.3 Å². The van der Waals surface area contributed by atoms with Crippen molar-refractivity contribution >= 4 is 6.03 Å². The molecule has 2 aliphatic carbocycles. The zero-order valence-corrected chi connectivity index (χ0v) is 14.4. The van der Waals surface area contributed by atoms with Gasteiger partial charge in [0.25, 0.3) is 0 Å². The van der Waals surface area contributed by atoms with Crippen LogP contribution in [0.4, 0.5) is 4.79 Å². The van der Waals surface area contributed by atoms with Gasteiger partial charge in [-0.15, -0.1) is 0 Å². The summed E-state index contributed by atoms with van der Waals surface area (Å²) in [6, 6.07) is 7.99. The van der Waals surface area contributed by atoms with Crippen LogP contribution in [-0.2, 0) is 5.41 Å². The molecule has 0 atom stereocenters. The Labute approximate surface area is 143 Å². The molecule has 0 heterocycles. The predicted molar refractivity (Wildman–Crippen MR) is 93.3 cm³/mol. The molecule has 0 radical (unpaired) electrons. The predicted octanol–water partition coefficient (Wildman–Crippen LogP) is 2.58. The van der Waals surface area contributed by atoms with E-state index >= 15 is 0 Å². The molecule has 0 saturated heterocycles. The summed E-state index contributed by atoms with van der Waals surface area (Å²) < 4.78 is 5.55. The van der Waals surface area contributed by atoms with Crippen molar-refractivity contribution in [2.45, 2.75) is 43.9 Å². The van der Waals surface area contributed by atoms with Gasteiger partial charge in [-0.1, -0.05) is 31.0 Å². The number of hydrogen-bond donors (Lipinski definition) is 3. The zero-order valence-electron chi connectivity index (χ0n) is 14.4. The van der Waals surface area contributed by atoms with E-state index in [2.05, 4.69) is 16.7 Å². The Balaban J connectivity index is 1.63. The molecule has 2 fully saturated rings. The molecule has 24 heavy (non-hydrogen) atoms. The number of benzene rings is 1. The molecule has 5 nitrogen and oxygen atoms in total. The first-order valence-corrected chi connectivity index (χ1v) is 8.89. The highest BCUT2D eigenvalue weighted by atomic mass is 16.5. The SMILES string of the molecule is COc1ccccc1C1(CNC(=O)NCC2(CO)CC2)CCCC1. The third-order valence-electron chi connectivity index (χ3n) is 5.74. The van der Waals surface area contributed by atoms with E-state index in [1.165, 1.54) is 18.4 Å². The highest BCUT2D eigenvalue weighted by Gasteiger charge is 2.42.